The zero-order chi connectivity index (χ0) is 18.5. The zero-order valence-electron chi connectivity index (χ0n) is 14.5. The van der Waals surface area contributed by atoms with Gasteiger partial charge in [0, 0.05) is 37.8 Å². The summed E-state index contributed by atoms with van der Waals surface area (Å²) < 4.78 is 28.7. The Bertz CT molecular complexity index is 1120. The maximum atomic E-state index is 12.9. The van der Waals surface area contributed by atoms with E-state index in [2.05, 4.69) is 5.10 Å². The number of carbonyl (C=O) groups excluding carboxylic acids is 1. The van der Waals surface area contributed by atoms with Crippen molar-refractivity contribution in [2.24, 2.45) is 7.05 Å². The van der Waals surface area contributed by atoms with Crippen molar-refractivity contribution in [1.29, 1.82) is 0 Å². The van der Waals surface area contributed by atoms with E-state index in [1.807, 2.05) is 18.3 Å². The summed E-state index contributed by atoms with van der Waals surface area (Å²) in [6, 6.07) is 10.6. The Morgan fingerprint density at radius 3 is 2.62 bits per heavy atom. The molecule has 0 saturated carbocycles. The zero-order valence-corrected chi connectivity index (χ0v) is 15.3. The molecule has 0 radical (unpaired) electrons. The number of benzene rings is 2. The second-order valence-corrected chi connectivity index (χ2v) is 8.25. The predicted molar refractivity (Wildman–Crippen MR) is 98.2 cm³/mol. The minimum Gasteiger partial charge on any atom is -0.340 e. The van der Waals surface area contributed by atoms with Crippen LogP contribution >= 0.6 is 0 Å². The fourth-order valence-electron chi connectivity index (χ4n) is 3.29. The van der Waals surface area contributed by atoms with Gasteiger partial charge in [-0.1, -0.05) is 24.3 Å². The molecule has 0 unspecified atom stereocenters. The van der Waals surface area contributed by atoms with Crippen molar-refractivity contribution in [1.82, 2.24) is 14.7 Å². The summed E-state index contributed by atoms with van der Waals surface area (Å²) in [4.78, 5) is 14.4. The van der Waals surface area contributed by atoms with Crippen LogP contribution in [-0.4, -0.2) is 42.6 Å². The molecule has 0 fully saturated rings. The molecule has 7 nitrogen and oxygen atoms in total. The third-order valence-corrected chi connectivity index (χ3v) is 6.37. The van der Waals surface area contributed by atoms with Crippen LogP contribution < -0.4 is 4.31 Å². The highest BCUT2D eigenvalue weighted by atomic mass is 32.2. The number of aromatic nitrogens is 2. The van der Waals surface area contributed by atoms with Gasteiger partial charge in [0.2, 0.25) is 5.91 Å². The van der Waals surface area contributed by atoms with Gasteiger partial charge < -0.3 is 4.90 Å². The number of nitrogens with zero attached hydrogens (tertiary/aromatic N) is 4. The van der Waals surface area contributed by atoms with E-state index in [4.69, 9.17) is 0 Å². The van der Waals surface area contributed by atoms with E-state index in [0.29, 0.717) is 17.6 Å². The maximum absolute atomic E-state index is 12.9. The van der Waals surface area contributed by atoms with Crippen molar-refractivity contribution in [3.05, 3.63) is 54.4 Å². The maximum Gasteiger partial charge on any atom is 0.265 e. The minimum atomic E-state index is -3.73. The molecule has 1 amide bonds. The third kappa shape index (κ3) is 2.53. The molecular weight excluding hydrogens is 352 g/mol. The third-order valence-electron chi connectivity index (χ3n) is 4.56. The minimum absolute atomic E-state index is 0.229. The fraction of sp³-hybridized carbons (Fsp3) is 0.222. The van der Waals surface area contributed by atoms with Crippen LogP contribution in [0.3, 0.4) is 0 Å². The van der Waals surface area contributed by atoms with Crippen LogP contribution in [0.25, 0.3) is 10.8 Å². The Balaban J connectivity index is 1.62. The topological polar surface area (TPSA) is 75.5 Å². The highest BCUT2D eigenvalue weighted by Crippen LogP contribution is 2.41. The standard InChI is InChI=1S/C18H18N4O3S/c1-20(10-13-9-19-21(2)11-13)17(23)12-22-15-7-3-5-14-6-4-8-16(18(14)15)26(22,24)25/h3-9,11H,10,12H2,1-2H3. The van der Waals surface area contributed by atoms with E-state index in [1.165, 1.54) is 9.21 Å². The van der Waals surface area contributed by atoms with Crippen molar-refractivity contribution in [2.75, 3.05) is 17.9 Å². The first-order valence-corrected chi connectivity index (χ1v) is 9.58. The SMILES string of the molecule is CN(Cc1cnn(C)c1)C(=O)CN1c2cccc3cccc(c23)S1(=O)=O. The van der Waals surface area contributed by atoms with Crippen LogP contribution in [0.5, 0.6) is 0 Å². The van der Waals surface area contributed by atoms with Crippen LogP contribution in [0.4, 0.5) is 5.69 Å². The van der Waals surface area contributed by atoms with E-state index < -0.39 is 10.0 Å². The molecule has 1 aliphatic rings. The molecule has 4 rings (SSSR count). The van der Waals surface area contributed by atoms with E-state index in [0.717, 1.165) is 10.9 Å². The van der Waals surface area contributed by atoms with E-state index in [9.17, 15) is 13.2 Å². The van der Waals surface area contributed by atoms with Gasteiger partial charge in [0.05, 0.1) is 16.8 Å². The quantitative estimate of drug-likeness (QED) is 0.701. The summed E-state index contributed by atoms with van der Waals surface area (Å²) >= 11 is 0. The molecule has 1 aliphatic heterocycles. The molecule has 1 aromatic heterocycles. The molecule has 3 aromatic rings. The van der Waals surface area contributed by atoms with Crippen LogP contribution in [0.1, 0.15) is 5.56 Å². The molecule has 0 spiro atoms. The lowest BCUT2D eigenvalue weighted by Gasteiger charge is -2.22. The van der Waals surface area contributed by atoms with Gasteiger partial charge in [0.15, 0.2) is 0 Å². The molecule has 0 bridgehead atoms. The number of sulfonamides is 1. The number of anilines is 1. The van der Waals surface area contributed by atoms with Gasteiger partial charge in [-0.3, -0.25) is 13.8 Å². The summed E-state index contributed by atoms with van der Waals surface area (Å²) in [5.41, 5.74) is 1.44. The van der Waals surface area contributed by atoms with Crippen molar-refractivity contribution >= 4 is 32.4 Å². The van der Waals surface area contributed by atoms with Gasteiger partial charge in [0.1, 0.15) is 6.54 Å². The smallest absolute Gasteiger partial charge is 0.265 e. The van der Waals surface area contributed by atoms with Gasteiger partial charge in [-0.2, -0.15) is 5.10 Å². The molecule has 0 saturated heterocycles. The molecule has 26 heavy (non-hydrogen) atoms. The second-order valence-electron chi connectivity index (χ2n) is 6.42. The van der Waals surface area contributed by atoms with Crippen LogP contribution in [0, 0.1) is 0 Å². The van der Waals surface area contributed by atoms with Gasteiger partial charge in [-0.15, -0.1) is 0 Å². The highest BCUT2D eigenvalue weighted by Gasteiger charge is 2.37. The lowest BCUT2D eigenvalue weighted by atomic mass is 10.1. The molecule has 2 heterocycles. The summed E-state index contributed by atoms with van der Waals surface area (Å²) in [7, 11) is -0.262. The summed E-state index contributed by atoms with van der Waals surface area (Å²) in [6.07, 6.45) is 3.51. The Morgan fingerprint density at radius 2 is 1.92 bits per heavy atom. The Labute approximate surface area is 151 Å². The van der Waals surface area contributed by atoms with Gasteiger partial charge in [-0.05, 0) is 17.5 Å². The van der Waals surface area contributed by atoms with Crippen LogP contribution in [-0.2, 0) is 28.4 Å². The summed E-state index contributed by atoms with van der Waals surface area (Å²) in [5.74, 6) is -0.276. The first kappa shape index (κ1) is 16.6. The average Bonchev–Trinajstić information content (AvgIpc) is 3.11. The molecule has 0 aliphatic carbocycles. The second kappa shape index (κ2) is 5.84. The lowest BCUT2D eigenvalue weighted by Crippen LogP contribution is -2.39. The van der Waals surface area contributed by atoms with Gasteiger partial charge in [-0.25, -0.2) is 8.42 Å². The number of rotatable bonds is 4. The molecule has 134 valence electrons. The number of likely N-dealkylation sites (N-methyl/N-ethyl adjacent to an activating group) is 1. The molecule has 0 atom stereocenters. The Morgan fingerprint density at radius 1 is 1.19 bits per heavy atom. The monoisotopic (exact) mass is 370 g/mol. The predicted octanol–water partition coefficient (Wildman–Crippen LogP) is 1.74. The number of hydrogen-bond donors (Lipinski definition) is 0. The largest absolute Gasteiger partial charge is 0.340 e. The van der Waals surface area contributed by atoms with Crippen LogP contribution in [0.15, 0.2) is 53.7 Å². The number of aryl methyl sites for hydroxylation is 1. The molecule has 0 N–H and O–H groups in total. The van der Waals surface area contributed by atoms with Crippen molar-refractivity contribution in [2.45, 2.75) is 11.4 Å². The highest BCUT2D eigenvalue weighted by molar-refractivity contribution is 7.93. The van der Waals surface area contributed by atoms with E-state index >= 15 is 0 Å². The van der Waals surface area contributed by atoms with Crippen molar-refractivity contribution in [3.63, 3.8) is 0 Å². The Kier molecular flexibility index (Phi) is 3.73. The average molecular weight is 370 g/mol. The van der Waals surface area contributed by atoms with Gasteiger partial charge >= 0.3 is 0 Å². The normalized spacial score (nSPS) is 14.8. The lowest BCUT2D eigenvalue weighted by molar-refractivity contribution is -0.128. The number of carbonyl (C=O) groups is 1. The van der Waals surface area contributed by atoms with E-state index in [1.54, 1.807) is 49.2 Å². The first-order chi connectivity index (χ1) is 12.4. The molecular formula is C18H18N4O3S. The summed E-state index contributed by atoms with van der Waals surface area (Å²) in [6.45, 7) is 0.143. The van der Waals surface area contributed by atoms with Crippen molar-refractivity contribution in [3.8, 4) is 0 Å². The molecule has 8 heteroatoms. The number of amides is 1. The van der Waals surface area contributed by atoms with Crippen molar-refractivity contribution < 1.29 is 13.2 Å². The van der Waals surface area contributed by atoms with Gasteiger partial charge in [0.25, 0.3) is 10.0 Å². The first-order valence-electron chi connectivity index (χ1n) is 8.14. The Hall–Kier alpha value is -2.87. The summed E-state index contributed by atoms with van der Waals surface area (Å²) in [5, 5.41) is 5.61. The van der Waals surface area contributed by atoms with Crippen LogP contribution in [0.2, 0.25) is 0 Å². The number of hydrogen-bond acceptors (Lipinski definition) is 4. The van der Waals surface area contributed by atoms with E-state index in [-0.39, 0.29) is 17.3 Å². The molecule has 2 aromatic carbocycles. The fourth-order valence-corrected chi connectivity index (χ4v) is 4.95.